The summed E-state index contributed by atoms with van der Waals surface area (Å²) in [7, 11) is 0. The summed E-state index contributed by atoms with van der Waals surface area (Å²) in [6.45, 7) is 0. The van der Waals surface area contributed by atoms with Crippen LogP contribution < -0.4 is 0 Å². The first-order valence-corrected chi connectivity index (χ1v) is 7.83. The van der Waals surface area contributed by atoms with Gasteiger partial charge in [-0.1, -0.05) is 54.1 Å². The molecule has 0 saturated heterocycles. The molecule has 0 radical (unpaired) electrons. The van der Waals surface area contributed by atoms with E-state index in [4.69, 9.17) is 0 Å². The third kappa shape index (κ3) is 3.60. The number of alkyl halides is 1. The van der Waals surface area contributed by atoms with Crippen LogP contribution in [-0.2, 0) is 0 Å². The Morgan fingerprint density at radius 3 is 2.80 bits per heavy atom. The van der Waals surface area contributed by atoms with Crippen LogP contribution in [0.4, 0.5) is 0 Å². The van der Waals surface area contributed by atoms with Gasteiger partial charge in [0.05, 0.1) is 0 Å². The van der Waals surface area contributed by atoms with Crippen LogP contribution >= 0.6 is 27.3 Å². The molecule has 0 N–H and O–H groups in total. The van der Waals surface area contributed by atoms with E-state index in [1.54, 1.807) is 0 Å². The van der Waals surface area contributed by atoms with Gasteiger partial charge >= 0.3 is 0 Å². The van der Waals surface area contributed by atoms with Crippen LogP contribution in [0.3, 0.4) is 0 Å². The molecule has 0 nitrogen and oxygen atoms in total. The molecule has 0 bridgehead atoms. The lowest BCUT2D eigenvalue weighted by atomic mass is 9.86. The molecule has 1 fully saturated rings. The van der Waals surface area contributed by atoms with E-state index >= 15 is 0 Å². The highest BCUT2D eigenvalue weighted by Gasteiger charge is 2.16. The zero-order valence-electron chi connectivity index (χ0n) is 9.12. The number of hydrogen-bond acceptors (Lipinski definition) is 1. The van der Waals surface area contributed by atoms with Crippen molar-refractivity contribution >= 4 is 27.3 Å². The summed E-state index contributed by atoms with van der Waals surface area (Å²) in [5.41, 5.74) is 0. The van der Waals surface area contributed by atoms with Crippen LogP contribution in [0.2, 0.25) is 0 Å². The molecule has 84 valence electrons. The van der Waals surface area contributed by atoms with Gasteiger partial charge in [0.25, 0.3) is 0 Å². The van der Waals surface area contributed by atoms with Crippen LogP contribution in [0.15, 0.2) is 17.5 Å². The average Bonchev–Trinajstić information content (AvgIpc) is 2.81. The Kier molecular flexibility index (Phi) is 4.70. The highest BCUT2D eigenvalue weighted by atomic mass is 79.9. The summed E-state index contributed by atoms with van der Waals surface area (Å²) in [5.74, 6) is 1.01. The fourth-order valence-electron chi connectivity index (χ4n) is 2.47. The lowest BCUT2D eigenvalue weighted by Crippen LogP contribution is -2.06. The molecule has 15 heavy (non-hydrogen) atoms. The van der Waals surface area contributed by atoms with E-state index in [0.29, 0.717) is 4.83 Å². The van der Waals surface area contributed by atoms with E-state index in [1.807, 2.05) is 11.3 Å². The smallest absolute Gasteiger partial charge is 0.0489 e. The third-order valence-electron chi connectivity index (χ3n) is 3.41. The number of hydrogen-bond donors (Lipinski definition) is 0. The molecule has 1 aromatic heterocycles. The van der Waals surface area contributed by atoms with E-state index in [-0.39, 0.29) is 0 Å². The normalized spacial score (nSPS) is 20.3. The highest BCUT2D eigenvalue weighted by Crippen LogP contribution is 2.35. The van der Waals surface area contributed by atoms with Crippen LogP contribution in [0, 0.1) is 5.92 Å². The lowest BCUT2D eigenvalue weighted by molar-refractivity contribution is 0.332. The monoisotopic (exact) mass is 286 g/mol. The Bertz CT molecular complexity index is 262. The zero-order chi connectivity index (χ0) is 10.5. The van der Waals surface area contributed by atoms with Gasteiger partial charge in [-0.05, 0) is 30.2 Å². The molecule has 2 heteroatoms. The summed E-state index contributed by atoms with van der Waals surface area (Å²) >= 11 is 5.67. The number of halogens is 1. The Morgan fingerprint density at radius 1 is 1.33 bits per heavy atom. The summed E-state index contributed by atoms with van der Waals surface area (Å²) in [4.78, 5) is 2.09. The summed E-state index contributed by atoms with van der Waals surface area (Å²) in [5, 5.41) is 2.17. The minimum Gasteiger partial charge on any atom is -0.148 e. The molecule has 0 spiro atoms. The van der Waals surface area contributed by atoms with Crippen LogP contribution in [-0.4, -0.2) is 0 Å². The Labute approximate surface area is 105 Å². The van der Waals surface area contributed by atoms with Gasteiger partial charge in [0.1, 0.15) is 0 Å². The van der Waals surface area contributed by atoms with Crippen LogP contribution in [0.5, 0.6) is 0 Å². The van der Waals surface area contributed by atoms with E-state index in [2.05, 4.69) is 33.4 Å². The summed E-state index contributed by atoms with van der Waals surface area (Å²) < 4.78 is 0. The average molecular weight is 287 g/mol. The Balaban J connectivity index is 1.73. The predicted octanol–water partition coefficient (Wildman–Crippen LogP) is 5.54. The molecule has 1 aliphatic rings. The maximum atomic E-state index is 3.80. The lowest BCUT2D eigenvalue weighted by Gasteiger charge is -2.22. The molecule has 0 aliphatic heterocycles. The number of thiophene rings is 1. The Hall–Kier alpha value is 0.180. The molecule has 1 heterocycles. The van der Waals surface area contributed by atoms with Crippen molar-refractivity contribution in [1.82, 2.24) is 0 Å². The fourth-order valence-corrected chi connectivity index (χ4v) is 3.95. The Morgan fingerprint density at radius 2 is 2.13 bits per heavy atom. The van der Waals surface area contributed by atoms with Gasteiger partial charge < -0.3 is 0 Å². The van der Waals surface area contributed by atoms with Gasteiger partial charge in [-0.25, -0.2) is 0 Å². The predicted molar refractivity (Wildman–Crippen MR) is 71.8 cm³/mol. The van der Waals surface area contributed by atoms with Gasteiger partial charge in [0.15, 0.2) is 0 Å². The van der Waals surface area contributed by atoms with Crippen molar-refractivity contribution in [2.24, 2.45) is 5.92 Å². The molecule has 1 aliphatic carbocycles. The van der Waals surface area contributed by atoms with Crippen LogP contribution in [0.25, 0.3) is 0 Å². The molecule has 2 rings (SSSR count). The van der Waals surface area contributed by atoms with Gasteiger partial charge in [-0.3, -0.25) is 0 Å². The van der Waals surface area contributed by atoms with E-state index in [1.165, 1.54) is 49.8 Å². The first-order chi connectivity index (χ1) is 7.36. The maximum absolute atomic E-state index is 3.80. The van der Waals surface area contributed by atoms with Gasteiger partial charge in [-0.15, -0.1) is 11.3 Å². The van der Waals surface area contributed by atoms with E-state index in [0.717, 1.165) is 5.92 Å². The molecule has 1 atom stereocenters. The highest BCUT2D eigenvalue weighted by molar-refractivity contribution is 9.09. The summed E-state index contributed by atoms with van der Waals surface area (Å²) in [6, 6.07) is 4.39. The maximum Gasteiger partial charge on any atom is 0.0489 e. The molecule has 1 unspecified atom stereocenters. The second kappa shape index (κ2) is 6.05. The van der Waals surface area contributed by atoms with Crippen molar-refractivity contribution in [2.45, 2.75) is 49.8 Å². The van der Waals surface area contributed by atoms with Crippen molar-refractivity contribution in [3.63, 3.8) is 0 Å². The standard InChI is InChI=1S/C13H19BrS/c14-12(13-7-4-10-15-13)9-8-11-5-2-1-3-6-11/h4,7,10-12H,1-3,5-6,8-9H2. The minimum absolute atomic E-state index is 0.597. The largest absolute Gasteiger partial charge is 0.148 e. The van der Waals surface area contributed by atoms with Crippen molar-refractivity contribution in [3.8, 4) is 0 Å². The zero-order valence-corrected chi connectivity index (χ0v) is 11.5. The van der Waals surface area contributed by atoms with Crippen molar-refractivity contribution in [1.29, 1.82) is 0 Å². The van der Waals surface area contributed by atoms with Gasteiger partial charge in [0.2, 0.25) is 0 Å². The van der Waals surface area contributed by atoms with E-state index < -0.39 is 0 Å². The van der Waals surface area contributed by atoms with Crippen LogP contribution in [0.1, 0.15) is 54.7 Å². The molecule has 0 amide bonds. The molecule has 1 aromatic rings. The fraction of sp³-hybridized carbons (Fsp3) is 0.692. The van der Waals surface area contributed by atoms with Crippen molar-refractivity contribution in [2.75, 3.05) is 0 Å². The molecular formula is C13H19BrS. The second-order valence-corrected chi connectivity index (χ2v) is 6.65. The molecule has 1 saturated carbocycles. The second-order valence-electron chi connectivity index (χ2n) is 4.56. The quantitative estimate of drug-likeness (QED) is 0.637. The summed E-state index contributed by atoms with van der Waals surface area (Å²) in [6.07, 6.45) is 10.1. The SMILES string of the molecule is BrC(CCC1CCCCC1)c1cccs1. The first kappa shape index (κ1) is 11.7. The third-order valence-corrected chi connectivity index (χ3v) is 5.65. The van der Waals surface area contributed by atoms with E-state index in [9.17, 15) is 0 Å². The number of rotatable bonds is 4. The van der Waals surface area contributed by atoms with Gasteiger partial charge in [0, 0.05) is 9.70 Å². The molecule has 0 aromatic carbocycles. The van der Waals surface area contributed by atoms with Crippen molar-refractivity contribution < 1.29 is 0 Å². The van der Waals surface area contributed by atoms with Gasteiger partial charge in [-0.2, -0.15) is 0 Å². The first-order valence-electron chi connectivity index (χ1n) is 6.04. The van der Waals surface area contributed by atoms with Crippen molar-refractivity contribution in [3.05, 3.63) is 22.4 Å². The molecular weight excluding hydrogens is 268 g/mol. The topological polar surface area (TPSA) is 0 Å². The minimum atomic E-state index is 0.597.